The van der Waals surface area contributed by atoms with Crippen LogP contribution in [0.2, 0.25) is 5.02 Å². The van der Waals surface area contributed by atoms with Gasteiger partial charge in [0.1, 0.15) is 22.2 Å². The fraction of sp³-hybridized carbons (Fsp3) is 0.414. The Kier molecular flexibility index (Phi) is 6.53. The van der Waals surface area contributed by atoms with Crippen molar-refractivity contribution in [2.45, 2.75) is 42.0 Å². The average Bonchev–Trinajstić information content (AvgIpc) is 3.59. The van der Waals surface area contributed by atoms with Gasteiger partial charge in [-0.1, -0.05) is 29.4 Å². The highest BCUT2D eigenvalue weighted by atomic mass is 35.5. The highest BCUT2D eigenvalue weighted by molar-refractivity contribution is 7.99. The summed E-state index contributed by atoms with van der Waals surface area (Å²) in [6.07, 6.45) is 11.0. The maximum atomic E-state index is 9.49. The van der Waals surface area contributed by atoms with E-state index in [1.54, 1.807) is 6.20 Å². The molecule has 2 fully saturated rings. The monoisotopic (exact) mass is 559 g/mol. The number of piperidine rings is 1. The highest BCUT2D eigenvalue weighted by Crippen LogP contribution is 2.44. The topological polar surface area (TPSA) is 91.2 Å². The van der Waals surface area contributed by atoms with Gasteiger partial charge in [0, 0.05) is 61.7 Å². The number of nitrogens with zero attached hydrogens (tertiary/aromatic N) is 7. The maximum absolute atomic E-state index is 9.49. The number of fused-ring (bicyclic) bond motifs is 2. The van der Waals surface area contributed by atoms with Crippen molar-refractivity contribution in [3.05, 3.63) is 65.2 Å². The second-order valence-electron chi connectivity index (χ2n) is 11.0. The van der Waals surface area contributed by atoms with E-state index in [2.05, 4.69) is 36.9 Å². The Hall–Kier alpha value is -3.01. The normalized spacial score (nSPS) is 20.2. The van der Waals surface area contributed by atoms with Crippen LogP contribution in [-0.4, -0.2) is 62.8 Å². The quantitative estimate of drug-likeness (QED) is 0.369. The maximum Gasteiger partial charge on any atom is 0.179 e. The van der Waals surface area contributed by atoms with Crippen LogP contribution in [0.1, 0.15) is 30.5 Å². The van der Waals surface area contributed by atoms with Crippen LogP contribution in [0.25, 0.3) is 11.2 Å². The van der Waals surface area contributed by atoms with Gasteiger partial charge in [0.05, 0.1) is 11.2 Å². The second-order valence-corrected chi connectivity index (χ2v) is 12.4. The third-order valence-corrected chi connectivity index (χ3v) is 9.98. The predicted octanol–water partition coefficient (Wildman–Crippen LogP) is 4.82. The van der Waals surface area contributed by atoms with Crippen LogP contribution >= 0.6 is 23.4 Å². The molecular formula is C29H30ClN7OS. The lowest BCUT2D eigenvalue weighted by molar-refractivity contribution is 0.231. The van der Waals surface area contributed by atoms with Crippen LogP contribution in [0.15, 0.2) is 58.8 Å². The van der Waals surface area contributed by atoms with Gasteiger partial charge < -0.3 is 14.9 Å². The summed E-state index contributed by atoms with van der Waals surface area (Å²) in [6.45, 7) is 3.77. The molecule has 0 radical (unpaired) electrons. The van der Waals surface area contributed by atoms with E-state index in [4.69, 9.17) is 21.6 Å². The van der Waals surface area contributed by atoms with Crippen molar-refractivity contribution in [2.75, 3.05) is 42.6 Å². The Morgan fingerprint density at radius 2 is 1.87 bits per heavy atom. The van der Waals surface area contributed by atoms with Crippen LogP contribution in [0.5, 0.6) is 0 Å². The summed E-state index contributed by atoms with van der Waals surface area (Å²) in [5.74, 6) is 1.96. The molecule has 39 heavy (non-hydrogen) atoms. The lowest BCUT2D eigenvalue weighted by atomic mass is 9.76. The molecule has 4 aromatic heterocycles. The number of hydrogen-bond donors (Lipinski definition) is 1. The number of halogens is 1. The molecule has 1 N–H and O–H groups in total. The number of aliphatic hydroxyl groups excluding tert-OH is 1. The minimum atomic E-state index is 0.192. The van der Waals surface area contributed by atoms with Crippen molar-refractivity contribution in [1.82, 2.24) is 24.9 Å². The molecule has 1 spiro atoms. The molecule has 10 heteroatoms. The number of hydrogen-bond acceptors (Lipinski definition) is 9. The molecule has 1 aliphatic carbocycles. The second kappa shape index (κ2) is 10.2. The number of aromatic nitrogens is 5. The van der Waals surface area contributed by atoms with Crippen molar-refractivity contribution in [3.8, 4) is 0 Å². The van der Waals surface area contributed by atoms with Gasteiger partial charge in [0.25, 0.3) is 0 Å². The van der Waals surface area contributed by atoms with Gasteiger partial charge in [-0.25, -0.2) is 19.9 Å². The molecular weight excluding hydrogens is 530 g/mol. The van der Waals surface area contributed by atoms with E-state index in [9.17, 15) is 5.11 Å². The van der Waals surface area contributed by atoms with E-state index >= 15 is 0 Å². The van der Waals surface area contributed by atoms with Crippen molar-refractivity contribution in [3.63, 3.8) is 0 Å². The molecule has 2 aliphatic heterocycles. The van der Waals surface area contributed by atoms with Gasteiger partial charge in [0.15, 0.2) is 5.65 Å². The summed E-state index contributed by atoms with van der Waals surface area (Å²) in [4.78, 5) is 28.9. The van der Waals surface area contributed by atoms with E-state index < -0.39 is 0 Å². The Morgan fingerprint density at radius 3 is 2.69 bits per heavy atom. The zero-order valence-electron chi connectivity index (χ0n) is 21.6. The lowest BCUT2D eigenvalue weighted by Gasteiger charge is -2.39. The molecule has 6 heterocycles. The molecule has 3 aliphatic rings. The molecule has 0 aromatic carbocycles. The van der Waals surface area contributed by atoms with E-state index in [-0.39, 0.29) is 12.5 Å². The van der Waals surface area contributed by atoms with Gasteiger partial charge in [-0.15, -0.1) is 0 Å². The molecule has 0 amide bonds. The number of rotatable bonds is 5. The first-order valence-corrected chi connectivity index (χ1v) is 14.8. The van der Waals surface area contributed by atoms with Crippen LogP contribution < -0.4 is 9.80 Å². The Bertz CT molecular complexity index is 1500. The lowest BCUT2D eigenvalue weighted by Crippen LogP contribution is -2.41. The minimum absolute atomic E-state index is 0.192. The van der Waals surface area contributed by atoms with E-state index in [0.717, 1.165) is 85.4 Å². The Labute approximate surface area is 236 Å². The first-order valence-electron chi connectivity index (χ1n) is 13.6. The predicted molar refractivity (Wildman–Crippen MR) is 154 cm³/mol. The van der Waals surface area contributed by atoms with Crippen molar-refractivity contribution >= 4 is 46.2 Å². The molecule has 2 saturated heterocycles. The van der Waals surface area contributed by atoms with Gasteiger partial charge in [-0.2, -0.15) is 0 Å². The molecule has 0 bridgehead atoms. The zero-order chi connectivity index (χ0) is 26.4. The SMILES string of the molecule is OCC1CCN(c2nccc(Sc3ccc4nc(N5CCC6(CC5)Cc5cccnc5C6)cnc4n3)c2Cl)C1. The molecule has 1 unspecified atom stereocenters. The summed E-state index contributed by atoms with van der Waals surface area (Å²) in [7, 11) is 0. The van der Waals surface area contributed by atoms with Crippen molar-refractivity contribution in [1.29, 1.82) is 0 Å². The van der Waals surface area contributed by atoms with E-state index in [1.165, 1.54) is 23.0 Å². The molecule has 7 rings (SSSR count). The number of aliphatic hydroxyl groups is 1. The highest BCUT2D eigenvalue weighted by Gasteiger charge is 2.40. The van der Waals surface area contributed by atoms with Gasteiger partial charge in [0.2, 0.25) is 0 Å². The number of anilines is 2. The summed E-state index contributed by atoms with van der Waals surface area (Å²) in [5, 5.41) is 10.9. The third-order valence-electron chi connectivity index (χ3n) is 8.50. The van der Waals surface area contributed by atoms with Gasteiger partial charge in [-0.3, -0.25) is 4.98 Å². The summed E-state index contributed by atoms with van der Waals surface area (Å²) < 4.78 is 0. The van der Waals surface area contributed by atoms with Crippen molar-refractivity contribution < 1.29 is 5.11 Å². The van der Waals surface area contributed by atoms with Gasteiger partial charge >= 0.3 is 0 Å². The molecule has 1 atom stereocenters. The zero-order valence-corrected chi connectivity index (χ0v) is 23.2. The largest absolute Gasteiger partial charge is 0.396 e. The number of pyridine rings is 3. The van der Waals surface area contributed by atoms with Crippen LogP contribution in [0.3, 0.4) is 0 Å². The summed E-state index contributed by atoms with van der Waals surface area (Å²) in [5.41, 5.74) is 4.47. The van der Waals surface area contributed by atoms with Crippen LogP contribution in [0, 0.1) is 11.3 Å². The van der Waals surface area contributed by atoms with Crippen molar-refractivity contribution in [2.24, 2.45) is 11.3 Å². The minimum Gasteiger partial charge on any atom is -0.396 e. The fourth-order valence-electron chi connectivity index (χ4n) is 6.26. The van der Waals surface area contributed by atoms with Crippen LogP contribution in [0.4, 0.5) is 11.6 Å². The standard InChI is InChI=1S/C29H30ClN7OS/c30-26-23(5-10-32-28(26)37-11-6-19(17-37)18-38)39-25-4-3-21-27(35-25)33-16-24(34-21)36-12-7-29(8-13-36)14-20-2-1-9-31-22(20)15-29/h1-5,9-10,16,19,38H,6-8,11-15,17-18H2. The fourth-order valence-corrected chi connectivity index (χ4v) is 7.42. The molecule has 4 aromatic rings. The first kappa shape index (κ1) is 25.0. The average molecular weight is 560 g/mol. The summed E-state index contributed by atoms with van der Waals surface area (Å²) in [6, 6.07) is 10.2. The third kappa shape index (κ3) is 4.81. The first-order chi connectivity index (χ1) is 19.1. The van der Waals surface area contributed by atoms with Crippen LogP contribution in [-0.2, 0) is 12.8 Å². The van der Waals surface area contributed by atoms with Gasteiger partial charge in [-0.05, 0) is 67.3 Å². The summed E-state index contributed by atoms with van der Waals surface area (Å²) >= 11 is 8.28. The molecule has 200 valence electrons. The van der Waals surface area contributed by atoms with E-state index in [0.29, 0.717) is 16.1 Å². The molecule has 0 saturated carbocycles. The van der Waals surface area contributed by atoms with E-state index in [1.807, 2.05) is 30.6 Å². The molecule has 8 nitrogen and oxygen atoms in total. The smallest absolute Gasteiger partial charge is 0.179 e. The Balaban J connectivity index is 1.04. The Morgan fingerprint density at radius 1 is 0.974 bits per heavy atom.